The molecule has 118 valence electrons. The average molecular weight is 295 g/mol. The summed E-state index contributed by atoms with van der Waals surface area (Å²) >= 11 is 0. The Morgan fingerprint density at radius 1 is 1.48 bits per heavy atom. The number of nitrogens with one attached hydrogen (secondary N) is 1. The molecule has 0 aromatic heterocycles. The maximum Gasteiger partial charge on any atom is 0.241 e. The number of methoxy groups -OCH3 is 1. The van der Waals surface area contributed by atoms with Crippen LogP contribution in [0.1, 0.15) is 20.3 Å². The summed E-state index contributed by atoms with van der Waals surface area (Å²) in [6.45, 7) is 5.12. The molecule has 4 N–H and O–H groups in total. The van der Waals surface area contributed by atoms with E-state index in [4.69, 9.17) is 15.6 Å². The molecule has 0 aliphatic rings. The molecule has 1 aromatic carbocycles. The fraction of sp³-hybridized carbons (Fsp3) is 0.533. The smallest absolute Gasteiger partial charge is 0.241 e. The van der Waals surface area contributed by atoms with Gasteiger partial charge in [-0.25, -0.2) is 0 Å². The van der Waals surface area contributed by atoms with Crippen LogP contribution >= 0.6 is 0 Å². The van der Waals surface area contributed by atoms with E-state index in [2.05, 4.69) is 5.32 Å². The third-order valence-corrected chi connectivity index (χ3v) is 3.34. The molecular formula is C15H25N3O3. The number of hydrogen-bond acceptors (Lipinski definition) is 5. The molecule has 0 fully saturated rings. The largest absolute Gasteiger partial charge is 0.497 e. The number of carbonyl (C=O) groups excluding carboxylic acids is 1. The zero-order valence-corrected chi connectivity index (χ0v) is 12.9. The topological polar surface area (TPSA) is 87.8 Å². The Morgan fingerprint density at radius 3 is 2.71 bits per heavy atom. The predicted octanol–water partition coefficient (Wildman–Crippen LogP) is 1.31. The Labute approximate surface area is 125 Å². The van der Waals surface area contributed by atoms with E-state index in [0.29, 0.717) is 23.7 Å². The number of aliphatic hydroxyl groups is 1. The third-order valence-electron chi connectivity index (χ3n) is 3.34. The molecule has 21 heavy (non-hydrogen) atoms. The zero-order valence-electron chi connectivity index (χ0n) is 12.9. The zero-order chi connectivity index (χ0) is 15.8. The van der Waals surface area contributed by atoms with Gasteiger partial charge in [-0.05, 0) is 32.0 Å². The second-order valence-corrected chi connectivity index (χ2v) is 4.88. The van der Waals surface area contributed by atoms with Crippen molar-refractivity contribution in [2.75, 3.05) is 37.9 Å². The van der Waals surface area contributed by atoms with Gasteiger partial charge in [-0.2, -0.15) is 0 Å². The molecule has 1 amide bonds. The lowest BCUT2D eigenvalue weighted by Crippen LogP contribution is -2.43. The first-order valence-electron chi connectivity index (χ1n) is 7.12. The van der Waals surface area contributed by atoms with Gasteiger partial charge in [0.15, 0.2) is 0 Å². The number of hydrogen-bond donors (Lipinski definition) is 3. The van der Waals surface area contributed by atoms with E-state index in [0.717, 1.165) is 13.0 Å². The monoisotopic (exact) mass is 295 g/mol. The van der Waals surface area contributed by atoms with Gasteiger partial charge >= 0.3 is 0 Å². The van der Waals surface area contributed by atoms with E-state index in [9.17, 15) is 4.79 Å². The van der Waals surface area contributed by atoms with Crippen molar-refractivity contribution < 1.29 is 14.6 Å². The van der Waals surface area contributed by atoms with Crippen LogP contribution in [0.5, 0.6) is 5.75 Å². The molecule has 6 nitrogen and oxygen atoms in total. The Morgan fingerprint density at radius 2 is 2.19 bits per heavy atom. The maximum atomic E-state index is 12.3. The van der Waals surface area contributed by atoms with Gasteiger partial charge in [0.2, 0.25) is 5.91 Å². The van der Waals surface area contributed by atoms with Crippen LogP contribution in [0.2, 0.25) is 0 Å². The van der Waals surface area contributed by atoms with Crippen LogP contribution in [0.15, 0.2) is 18.2 Å². The lowest BCUT2D eigenvalue weighted by atomic mass is 10.2. The number of nitrogen functional groups attached to an aromatic ring is 1. The summed E-state index contributed by atoms with van der Waals surface area (Å²) in [6.07, 6.45) is 0.919. The molecule has 6 heteroatoms. The van der Waals surface area contributed by atoms with E-state index < -0.39 is 0 Å². The van der Waals surface area contributed by atoms with Gasteiger partial charge in [-0.1, -0.05) is 6.92 Å². The fourth-order valence-electron chi connectivity index (χ4n) is 2.10. The molecule has 0 radical (unpaired) electrons. The summed E-state index contributed by atoms with van der Waals surface area (Å²) in [5.41, 5.74) is 6.91. The highest BCUT2D eigenvalue weighted by Crippen LogP contribution is 2.24. The summed E-state index contributed by atoms with van der Waals surface area (Å²) in [6, 6.07) is 4.79. The van der Waals surface area contributed by atoms with Crippen LogP contribution in [-0.4, -0.2) is 48.8 Å². The SMILES string of the molecule is CCCN(CCO)C(C)C(=O)Nc1ccc(OC)cc1N. The van der Waals surface area contributed by atoms with Crippen LogP contribution in [0.4, 0.5) is 11.4 Å². The Balaban J connectivity index is 2.74. The lowest BCUT2D eigenvalue weighted by Gasteiger charge is -2.27. The Kier molecular flexibility index (Phi) is 6.98. The first kappa shape index (κ1) is 17.3. The standard InChI is InChI=1S/C15H25N3O3/c1-4-7-18(8-9-19)11(2)15(20)17-14-6-5-12(21-3)10-13(14)16/h5-6,10-11,19H,4,7-9,16H2,1-3H3,(H,17,20). The molecule has 0 aliphatic carbocycles. The fourth-order valence-corrected chi connectivity index (χ4v) is 2.10. The number of anilines is 2. The molecule has 0 heterocycles. The van der Waals surface area contributed by atoms with Gasteiger partial charge in [0, 0.05) is 12.6 Å². The molecule has 0 saturated heterocycles. The molecule has 1 atom stereocenters. The number of ether oxygens (including phenoxy) is 1. The van der Waals surface area contributed by atoms with E-state index in [1.807, 2.05) is 18.7 Å². The number of aliphatic hydroxyl groups excluding tert-OH is 1. The number of nitrogens with zero attached hydrogens (tertiary/aromatic N) is 1. The van der Waals surface area contributed by atoms with Gasteiger partial charge < -0.3 is 20.9 Å². The first-order valence-corrected chi connectivity index (χ1v) is 7.12. The average Bonchev–Trinajstić information content (AvgIpc) is 2.48. The highest BCUT2D eigenvalue weighted by Gasteiger charge is 2.20. The van der Waals surface area contributed by atoms with Gasteiger partial charge in [0.1, 0.15) is 5.75 Å². The molecule has 0 saturated carbocycles. The number of benzene rings is 1. The number of nitrogens with two attached hydrogens (primary N) is 1. The van der Waals surface area contributed by atoms with Gasteiger partial charge in [0.05, 0.1) is 31.1 Å². The number of rotatable bonds is 8. The molecule has 1 aromatic rings. The minimum atomic E-state index is -0.335. The van der Waals surface area contributed by atoms with Gasteiger partial charge in [0.25, 0.3) is 0 Å². The number of carbonyl (C=O) groups is 1. The second kappa shape index (κ2) is 8.49. The predicted molar refractivity (Wildman–Crippen MR) is 84.4 cm³/mol. The lowest BCUT2D eigenvalue weighted by molar-refractivity contribution is -0.120. The summed E-state index contributed by atoms with van der Waals surface area (Å²) in [5, 5.41) is 11.9. The molecule has 0 bridgehead atoms. The van der Waals surface area contributed by atoms with Gasteiger partial charge in [-0.3, -0.25) is 9.69 Å². The molecular weight excluding hydrogens is 270 g/mol. The highest BCUT2D eigenvalue weighted by atomic mass is 16.5. The van der Waals surface area contributed by atoms with Crippen molar-refractivity contribution >= 4 is 17.3 Å². The Bertz CT molecular complexity index is 459. The van der Waals surface area contributed by atoms with Crippen LogP contribution in [0.25, 0.3) is 0 Å². The van der Waals surface area contributed by atoms with Crippen molar-refractivity contribution in [3.8, 4) is 5.75 Å². The van der Waals surface area contributed by atoms with E-state index in [1.54, 1.807) is 25.3 Å². The van der Waals surface area contributed by atoms with E-state index in [1.165, 1.54) is 0 Å². The Hall–Kier alpha value is -1.79. The maximum absolute atomic E-state index is 12.3. The number of amides is 1. The van der Waals surface area contributed by atoms with Crippen molar-refractivity contribution in [3.63, 3.8) is 0 Å². The summed E-state index contributed by atoms with van der Waals surface area (Å²) in [5.74, 6) is 0.500. The highest BCUT2D eigenvalue weighted by molar-refractivity contribution is 5.97. The van der Waals surface area contributed by atoms with Gasteiger partial charge in [-0.15, -0.1) is 0 Å². The van der Waals surface area contributed by atoms with Crippen LogP contribution in [0.3, 0.4) is 0 Å². The summed E-state index contributed by atoms with van der Waals surface area (Å²) < 4.78 is 5.08. The molecule has 0 spiro atoms. The van der Waals surface area contributed by atoms with Crippen molar-refractivity contribution in [1.29, 1.82) is 0 Å². The van der Waals surface area contributed by atoms with Crippen LogP contribution in [0, 0.1) is 0 Å². The minimum absolute atomic E-state index is 0.0301. The third kappa shape index (κ3) is 4.91. The van der Waals surface area contributed by atoms with Crippen molar-refractivity contribution in [1.82, 2.24) is 4.90 Å². The molecule has 1 unspecified atom stereocenters. The van der Waals surface area contributed by atoms with Crippen LogP contribution in [-0.2, 0) is 4.79 Å². The first-order chi connectivity index (χ1) is 10.0. The minimum Gasteiger partial charge on any atom is -0.497 e. The van der Waals surface area contributed by atoms with E-state index >= 15 is 0 Å². The van der Waals surface area contributed by atoms with E-state index in [-0.39, 0.29) is 18.6 Å². The molecule has 0 aliphatic heterocycles. The quantitative estimate of drug-likeness (QED) is 0.629. The van der Waals surface area contributed by atoms with Crippen molar-refractivity contribution in [2.24, 2.45) is 0 Å². The van der Waals surface area contributed by atoms with Crippen molar-refractivity contribution in [3.05, 3.63) is 18.2 Å². The summed E-state index contributed by atoms with van der Waals surface area (Å²) in [4.78, 5) is 14.2. The molecule has 1 rings (SSSR count). The van der Waals surface area contributed by atoms with Crippen molar-refractivity contribution in [2.45, 2.75) is 26.3 Å². The van der Waals surface area contributed by atoms with Crippen LogP contribution < -0.4 is 15.8 Å². The second-order valence-electron chi connectivity index (χ2n) is 4.88. The normalized spacial score (nSPS) is 12.2. The summed E-state index contributed by atoms with van der Waals surface area (Å²) in [7, 11) is 1.56.